The lowest BCUT2D eigenvalue weighted by Crippen LogP contribution is -2.46. The zero-order valence-corrected chi connectivity index (χ0v) is 24.0. The van der Waals surface area contributed by atoms with Crippen LogP contribution in [0.2, 0.25) is 6.04 Å². The summed E-state index contributed by atoms with van der Waals surface area (Å²) < 4.78 is 18.6. The molecule has 2 rings (SSSR count). The van der Waals surface area contributed by atoms with Gasteiger partial charge in [-0.15, -0.1) is 12.4 Å². The number of hydrogen-bond acceptors (Lipinski definition) is 5. The maximum atomic E-state index is 11.9. The van der Waals surface area contributed by atoms with Gasteiger partial charge in [-0.3, -0.25) is 4.79 Å². The maximum absolute atomic E-state index is 11.9. The molecule has 0 spiro atoms. The summed E-state index contributed by atoms with van der Waals surface area (Å²) in [6.07, 6.45) is 3.73. The van der Waals surface area contributed by atoms with E-state index in [0.717, 1.165) is 60.8 Å². The first-order valence-corrected chi connectivity index (χ1v) is 14.7. The molecular formula is C28H43ClN2O4Si. The summed E-state index contributed by atoms with van der Waals surface area (Å²) in [5.41, 5.74) is 4.49. The van der Waals surface area contributed by atoms with Crippen LogP contribution >= 0.6 is 12.4 Å². The summed E-state index contributed by atoms with van der Waals surface area (Å²) in [5.74, 6) is -0.173. The van der Waals surface area contributed by atoms with E-state index in [4.69, 9.17) is 13.3 Å². The predicted molar refractivity (Wildman–Crippen MR) is 155 cm³/mol. The summed E-state index contributed by atoms with van der Waals surface area (Å²) in [6, 6.07) is 16.9. The highest BCUT2D eigenvalue weighted by Gasteiger charge is 2.40. The van der Waals surface area contributed by atoms with Gasteiger partial charge < -0.3 is 23.9 Å². The highest BCUT2D eigenvalue weighted by molar-refractivity contribution is 6.60. The first-order chi connectivity index (χ1) is 16.9. The van der Waals surface area contributed by atoms with Gasteiger partial charge in [0.2, 0.25) is 0 Å². The average molecular weight is 535 g/mol. The van der Waals surface area contributed by atoms with E-state index in [1.54, 1.807) is 6.92 Å². The SMILES string of the molecule is C=C(C)C(=O)Nc1ccc(-c2ccccc2NCCC[Si](OCCC)(OCCC)OCCC)cc1.Cl. The minimum Gasteiger partial charge on any atom is -0.385 e. The number of anilines is 2. The van der Waals surface area contributed by atoms with Crippen LogP contribution in [0.4, 0.5) is 11.4 Å². The van der Waals surface area contributed by atoms with E-state index in [2.05, 4.69) is 50.1 Å². The third-order valence-electron chi connectivity index (χ3n) is 5.32. The predicted octanol–water partition coefficient (Wildman–Crippen LogP) is 7.31. The first kappa shape index (κ1) is 31.9. The molecule has 200 valence electrons. The third kappa shape index (κ3) is 10.4. The number of para-hydroxylation sites is 1. The molecule has 0 aliphatic carbocycles. The molecule has 0 aliphatic heterocycles. The van der Waals surface area contributed by atoms with Crippen molar-refractivity contribution < 1.29 is 18.1 Å². The van der Waals surface area contributed by atoms with Crippen molar-refractivity contribution in [2.24, 2.45) is 0 Å². The molecule has 0 aromatic heterocycles. The van der Waals surface area contributed by atoms with Gasteiger partial charge in [-0.25, -0.2) is 0 Å². The largest absolute Gasteiger partial charge is 0.501 e. The summed E-state index contributed by atoms with van der Waals surface area (Å²) >= 11 is 0. The number of amides is 1. The highest BCUT2D eigenvalue weighted by Crippen LogP contribution is 2.29. The molecule has 36 heavy (non-hydrogen) atoms. The third-order valence-corrected chi connectivity index (χ3v) is 8.22. The topological polar surface area (TPSA) is 68.8 Å². The second-order valence-electron chi connectivity index (χ2n) is 8.62. The Balaban J connectivity index is 0.00000648. The van der Waals surface area contributed by atoms with Gasteiger partial charge in [0.1, 0.15) is 0 Å². The number of nitrogens with one attached hydrogen (secondary N) is 2. The van der Waals surface area contributed by atoms with Gasteiger partial charge in [0.15, 0.2) is 0 Å². The molecule has 2 N–H and O–H groups in total. The van der Waals surface area contributed by atoms with Crippen LogP contribution in [0.15, 0.2) is 60.7 Å². The fraction of sp³-hybridized carbons (Fsp3) is 0.464. The molecular weight excluding hydrogens is 492 g/mol. The number of benzene rings is 2. The van der Waals surface area contributed by atoms with E-state index < -0.39 is 8.80 Å². The standard InChI is InChI=1S/C28H42N2O4Si.ClH/c1-6-19-32-35(33-20-7-2,34-21-8-3)22-11-18-29-27-13-10-9-12-26(27)24-14-16-25(17-15-24)30-28(31)23(4)5;/h9-10,12-17,29H,4,6-8,11,18-22H2,1-3,5H3,(H,30,31);1H. The Morgan fingerprint density at radius 3 is 1.97 bits per heavy atom. The van der Waals surface area contributed by atoms with Crippen molar-refractivity contribution >= 4 is 38.5 Å². The molecule has 1 amide bonds. The molecule has 2 aromatic rings. The van der Waals surface area contributed by atoms with E-state index >= 15 is 0 Å². The van der Waals surface area contributed by atoms with E-state index in [1.165, 1.54) is 0 Å². The highest BCUT2D eigenvalue weighted by atomic mass is 35.5. The maximum Gasteiger partial charge on any atom is 0.501 e. The van der Waals surface area contributed by atoms with Crippen molar-refractivity contribution in [2.75, 3.05) is 37.0 Å². The second kappa shape index (κ2) is 17.3. The molecule has 2 aromatic carbocycles. The van der Waals surface area contributed by atoms with Gasteiger partial charge in [-0.2, -0.15) is 0 Å². The van der Waals surface area contributed by atoms with Crippen molar-refractivity contribution in [3.8, 4) is 11.1 Å². The van der Waals surface area contributed by atoms with Crippen LogP contribution in [-0.2, 0) is 18.1 Å². The first-order valence-electron chi connectivity index (χ1n) is 12.8. The smallest absolute Gasteiger partial charge is 0.385 e. The lowest BCUT2D eigenvalue weighted by molar-refractivity contribution is -0.112. The summed E-state index contributed by atoms with van der Waals surface area (Å²) in [4.78, 5) is 11.9. The minimum absolute atomic E-state index is 0. The van der Waals surface area contributed by atoms with E-state index in [-0.39, 0.29) is 18.3 Å². The van der Waals surface area contributed by atoms with Gasteiger partial charge in [0.25, 0.3) is 5.91 Å². The Kier molecular flexibility index (Phi) is 15.3. The summed E-state index contributed by atoms with van der Waals surface area (Å²) in [6.45, 7) is 14.5. The molecule has 0 atom stereocenters. The van der Waals surface area contributed by atoms with Crippen molar-refractivity contribution in [3.05, 3.63) is 60.7 Å². The van der Waals surface area contributed by atoms with Crippen molar-refractivity contribution in [3.63, 3.8) is 0 Å². The fourth-order valence-corrected chi connectivity index (χ4v) is 6.34. The Hall–Kier alpha value is -2.16. The van der Waals surface area contributed by atoms with Gasteiger partial charge in [-0.05, 0) is 56.4 Å². The van der Waals surface area contributed by atoms with Crippen LogP contribution in [0.25, 0.3) is 11.1 Å². The van der Waals surface area contributed by atoms with Crippen LogP contribution < -0.4 is 10.6 Å². The van der Waals surface area contributed by atoms with Gasteiger partial charge in [0, 0.05) is 54.9 Å². The van der Waals surface area contributed by atoms with Crippen LogP contribution in [0.3, 0.4) is 0 Å². The van der Waals surface area contributed by atoms with Crippen LogP contribution in [0, 0.1) is 0 Å². The number of hydrogen-bond donors (Lipinski definition) is 2. The fourth-order valence-electron chi connectivity index (χ4n) is 3.50. The Morgan fingerprint density at radius 1 is 0.889 bits per heavy atom. The monoisotopic (exact) mass is 534 g/mol. The lowest BCUT2D eigenvalue weighted by Gasteiger charge is -2.29. The summed E-state index contributed by atoms with van der Waals surface area (Å²) in [7, 11) is -2.68. The zero-order valence-electron chi connectivity index (χ0n) is 22.2. The van der Waals surface area contributed by atoms with E-state index in [9.17, 15) is 4.79 Å². The van der Waals surface area contributed by atoms with Gasteiger partial charge in [-0.1, -0.05) is 57.7 Å². The molecule has 0 fully saturated rings. The average Bonchev–Trinajstić information content (AvgIpc) is 2.88. The number of halogens is 1. The normalized spacial score (nSPS) is 11.0. The van der Waals surface area contributed by atoms with Crippen LogP contribution in [-0.4, -0.2) is 41.1 Å². The minimum atomic E-state index is -2.68. The molecule has 0 saturated carbocycles. The summed E-state index contributed by atoms with van der Waals surface area (Å²) in [5, 5.41) is 6.44. The van der Waals surface area contributed by atoms with Gasteiger partial charge >= 0.3 is 8.80 Å². The second-order valence-corrected chi connectivity index (χ2v) is 11.3. The molecule has 6 nitrogen and oxygen atoms in total. The quantitative estimate of drug-likeness (QED) is 0.126. The molecule has 0 heterocycles. The molecule has 0 bridgehead atoms. The molecule has 8 heteroatoms. The van der Waals surface area contributed by atoms with Crippen LogP contribution in [0.5, 0.6) is 0 Å². The lowest BCUT2D eigenvalue weighted by atomic mass is 10.0. The van der Waals surface area contributed by atoms with Crippen LogP contribution in [0.1, 0.15) is 53.4 Å². The molecule has 0 aliphatic rings. The Labute approximate surface area is 224 Å². The molecule has 0 unspecified atom stereocenters. The Morgan fingerprint density at radius 2 is 1.44 bits per heavy atom. The van der Waals surface area contributed by atoms with E-state index in [1.807, 2.05) is 36.4 Å². The number of carbonyl (C=O) groups is 1. The number of carbonyl (C=O) groups excluding carboxylic acids is 1. The Bertz CT molecular complexity index is 902. The zero-order chi connectivity index (χ0) is 25.5. The van der Waals surface area contributed by atoms with Crippen molar-refractivity contribution in [1.82, 2.24) is 0 Å². The van der Waals surface area contributed by atoms with Crippen molar-refractivity contribution in [1.29, 1.82) is 0 Å². The van der Waals surface area contributed by atoms with Crippen molar-refractivity contribution in [2.45, 2.75) is 59.4 Å². The number of rotatable bonds is 17. The molecule has 0 saturated heterocycles. The molecule has 0 radical (unpaired) electrons. The van der Waals surface area contributed by atoms with E-state index in [0.29, 0.717) is 25.4 Å². The van der Waals surface area contributed by atoms with Gasteiger partial charge in [0.05, 0.1) is 0 Å².